The van der Waals surface area contributed by atoms with Crippen LogP contribution in [-0.4, -0.2) is 30.4 Å². The Bertz CT molecular complexity index is 1430. The zero-order valence-corrected chi connectivity index (χ0v) is 23.1. The highest BCUT2D eigenvalue weighted by Gasteiger charge is 2.36. The number of carbonyl (C=O) groups excluding carboxylic acids is 1. The third-order valence-corrected chi connectivity index (χ3v) is 8.12. The minimum atomic E-state index is -0.581. The van der Waals surface area contributed by atoms with E-state index < -0.39 is 6.04 Å². The number of amides is 1. The molecule has 2 heterocycles. The van der Waals surface area contributed by atoms with Crippen LogP contribution < -0.4 is 15.5 Å². The van der Waals surface area contributed by atoms with Gasteiger partial charge in [-0.1, -0.05) is 61.7 Å². The molecular formula is C34H37N5O. The van der Waals surface area contributed by atoms with Crippen LogP contribution in [0, 0.1) is 12.8 Å². The number of benzodiazepines with no additional fused rings is 1. The number of carbonyl (C=O) groups is 1. The van der Waals surface area contributed by atoms with Gasteiger partial charge in [0.25, 0.3) is 5.91 Å². The van der Waals surface area contributed by atoms with Gasteiger partial charge in [0.1, 0.15) is 0 Å². The first kappa shape index (κ1) is 26.1. The maximum absolute atomic E-state index is 14.5. The van der Waals surface area contributed by atoms with Crippen molar-refractivity contribution in [2.45, 2.75) is 51.5 Å². The lowest BCUT2D eigenvalue weighted by Gasteiger charge is -2.27. The molecule has 3 aromatic carbocycles. The molecule has 3 aliphatic rings. The van der Waals surface area contributed by atoms with Crippen LogP contribution in [0.25, 0.3) is 0 Å². The second-order valence-corrected chi connectivity index (χ2v) is 11.0. The lowest BCUT2D eigenvalue weighted by atomic mass is 9.82. The van der Waals surface area contributed by atoms with Gasteiger partial charge < -0.3 is 10.6 Å². The Labute approximate surface area is 236 Å². The summed E-state index contributed by atoms with van der Waals surface area (Å²) < 4.78 is 0. The Hall–Kier alpha value is -4.19. The van der Waals surface area contributed by atoms with Gasteiger partial charge in [-0.05, 0) is 61.2 Å². The molecule has 6 nitrogen and oxygen atoms in total. The lowest BCUT2D eigenvalue weighted by molar-refractivity contribution is -0.119. The molecule has 1 unspecified atom stereocenters. The number of nitrogens with zero attached hydrogens (tertiary/aromatic N) is 3. The standard InChI is InChI=1S/C34H37N5O/c1-24-12-17-30-31(22-24)39(29-15-13-27(14-16-29)36-19-18-28-23-35-20-21-37-28)34(40)33(26-10-6-3-7-11-26)38-32(30)25-8-4-2-5-9-25/h3,6-7,10-17,20-22,25,33,35-36H,2,4-5,8-9,18-19,23H2,1H3. The van der Waals surface area contributed by atoms with Crippen LogP contribution in [0.2, 0.25) is 0 Å². The van der Waals surface area contributed by atoms with E-state index in [9.17, 15) is 4.79 Å². The number of aliphatic imine (C=N–C) groups is 2. The third kappa shape index (κ3) is 5.57. The molecule has 1 atom stereocenters. The van der Waals surface area contributed by atoms with Crippen LogP contribution in [0.3, 0.4) is 0 Å². The predicted octanol–water partition coefficient (Wildman–Crippen LogP) is 7.10. The zero-order chi connectivity index (χ0) is 27.3. The average molecular weight is 532 g/mol. The van der Waals surface area contributed by atoms with Crippen molar-refractivity contribution in [1.82, 2.24) is 5.32 Å². The first-order valence-corrected chi connectivity index (χ1v) is 14.5. The summed E-state index contributed by atoms with van der Waals surface area (Å²) in [5, 5.41) is 6.70. The molecule has 1 amide bonds. The maximum Gasteiger partial charge on any atom is 0.260 e. The highest BCUT2D eigenvalue weighted by Crippen LogP contribution is 2.41. The summed E-state index contributed by atoms with van der Waals surface area (Å²) in [5.41, 5.74) is 8.19. The van der Waals surface area contributed by atoms with Crippen LogP contribution in [0.1, 0.15) is 61.3 Å². The predicted molar refractivity (Wildman–Crippen MR) is 165 cm³/mol. The molecule has 6 rings (SSSR count). The quantitative estimate of drug-likeness (QED) is 0.342. The SMILES string of the molecule is Cc1ccc2c(c1)N(c1ccc(NCCC3=NC=CNC3)cc1)C(=O)C(c1ccccc1)N=C2C1CCCCC1. The molecular weight excluding hydrogens is 494 g/mol. The molecule has 204 valence electrons. The molecule has 0 radical (unpaired) electrons. The van der Waals surface area contributed by atoms with E-state index in [1.807, 2.05) is 53.6 Å². The van der Waals surface area contributed by atoms with Crippen LogP contribution in [0.4, 0.5) is 17.1 Å². The molecule has 1 saturated carbocycles. The Morgan fingerprint density at radius 2 is 1.77 bits per heavy atom. The highest BCUT2D eigenvalue weighted by molar-refractivity contribution is 6.16. The maximum atomic E-state index is 14.5. The second-order valence-electron chi connectivity index (χ2n) is 11.0. The monoisotopic (exact) mass is 531 g/mol. The lowest BCUT2D eigenvalue weighted by Crippen LogP contribution is -2.30. The first-order chi connectivity index (χ1) is 19.7. The van der Waals surface area contributed by atoms with Crippen molar-refractivity contribution < 1.29 is 4.79 Å². The van der Waals surface area contributed by atoms with Crippen LogP contribution in [0.5, 0.6) is 0 Å². The van der Waals surface area contributed by atoms with Crippen molar-refractivity contribution in [3.05, 3.63) is 102 Å². The summed E-state index contributed by atoms with van der Waals surface area (Å²) in [6.07, 6.45) is 10.5. The van der Waals surface area contributed by atoms with Gasteiger partial charge in [0.15, 0.2) is 6.04 Å². The third-order valence-electron chi connectivity index (χ3n) is 8.12. The van der Waals surface area contributed by atoms with E-state index in [-0.39, 0.29) is 5.91 Å². The fraction of sp³-hybridized carbons (Fsp3) is 0.324. The molecule has 1 aliphatic carbocycles. The number of rotatable bonds is 7. The molecule has 2 N–H and O–H groups in total. The molecule has 6 heteroatoms. The first-order valence-electron chi connectivity index (χ1n) is 14.5. The minimum absolute atomic E-state index is 0.0135. The molecule has 3 aromatic rings. The van der Waals surface area contributed by atoms with E-state index in [1.165, 1.54) is 19.3 Å². The number of anilines is 3. The summed E-state index contributed by atoms with van der Waals surface area (Å²) in [6, 6.07) is 24.1. The fourth-order valence-corrected chi connectivity index (χ4v) is 6.02. The van der Waals surface area contributed by atoms with Gasteiger partial charge in [-0.3, -0.25) is 19.7 Å². The normalized spacial score (nSPS) is 19.3. The van der Waals surface area contributed by atoms with E-state index in [4.69, 9.17) is 4.99 Å². The van der Waals surface area contributed by atoms with E-state index in [1.54, 1.807) is 6.20 Å². The van der Waals surface area contributed by atoms with Crippen LogP contribution >= 0.6 is 0 Å². The van der Waals surface area contributed by atoms with Gasteiger partial charge in [-0.25, -0.2) is 0 Å². The van der Waals surface area contributed by atoms with E-state index in [0.29, 0.717) is 5.92 Å². The molecule has 0 saturated heterocycles. The minimum Gasteiger partial charge on any atom is -0.385 e. The average Bonchev–Trinajstić information content (AvgIpc) is 3.12. The summed E-state index contributed by atoms with van der Waals surface area (Å²) >= 11 is 0. The number of nitrogens with one attached hydrogen (secondary N) is 2. The molecule has 0 spiro atoms. The summed E-state index contributed by atoms with van der Waals surface area (Å²) in [4.78, 5) is 26.1. The fourth-order valence-electron chi connectivity index (χ4n) is 6.02. The number of hydrogen-bond donors (Lipinski definition) is 2. The van der Waals surface area contributed by atoms with Gasteiger partial charge in [0.05, 0.1) is 12.2 Å². The van der Waals surface area contributed by atoms with Crippen molar-refractivity contribution in [2.24, 2.45) is 15.9 Å². The smallest absolute Gasteiger partial charge is 0.260 e. The van der Waals surface area contributed by atoms with Gasteiger partial charge >= 0.3 is 0 Å². The summed E-state index contributed by atoms with van der Waals surface area (Å²) in [6.45, 7) is 3.68. The van der Waals surface area contributed by atoms with Crippen molar-refractivity contribution in [2.75, 3.05) is 23.3 Å². The molecule has 1 fully saturated rings. The number of hydrogen-bond acceptors (Lipinski definition) is 5. The molecule has 2 aliphatic heterocycles. The highest BCUT2D eigenvalue weighted by atomic mass is 16.2. The number of benzene rings is 3. The van der Waals surface area contributed by atoms with E-state index in [2.05, 4.69) is 52.9 Å². The van der Waals surface area contributed by atoms with Gasteiger partial charge in [0, 0.05) is 59.6 Å². The van der Waals surface area contributed by atoms with E-state index in [0.717, 1.165) is 77.5 Å². The van der Waals surface area contributed by atoms with Crippen molar-refractivity contribution >= 4 is 34.4 Å². The van der Waals surface area contributed by atoms with Gasteiger partial charge in [-0.2, -0.15) is 0 Å². The molecule has 0 bridgehead atoms. The van der Waals surface area contributed by atoms with Crippen molar-refractivity contribution in [1.29, 1.82) is 0 Å². The topological polar surface area (TPSA) is 69.1 Å². The van der Waals surface area contributed by atoms with Crippen LogP contribution in [0.15, 0.2) is 95.2 Å². The van der Waals surface area contributed by atoms with Crippen LogP contribution in [-0.2, 0) is 4.79 Å². The number of aryl methyl sites for hydroxylation is 1. The zero-order valence-electron chi connectivity index (χ0n) is 23.1. The molecule has 40 heavy (non-hydrogen) atoms. The largest absolute Gasteiger partial charge is 0.385 e. The van der Waals surface area contributed by atoms with Gasteiger partial charge in [-0.15, -0.1) is 0 Å². The number of fused-ring (bicyclic) bond motifs is 1. The Morgan fingerprint density at radius 3 is 2.52 bits per heavy atom. The Kier molecular flexibility index (Phi) is 7.76. The Morgan fingerprint density at radius 1 is 0.975 bits per heavy atom. The second kappa shape index (κ2) is 11.9. The van der Waals surface area contributed by atoms with E-state index >= 15 is 0 Å². The van der Waals surface area contributed by atoms with Crippen molar-refractivity contribution in [3.8, 4) is 0 Å². The van der Waals surface area contributed by atoms with Crippen molar-refractivity contribution in [3.63, 3.8) is 0 Å². The molecule has 0 aromatic heterocycles. The Balaban J connectivity index is 1.35. The summed E-state index contributed by atoms with van der Waals surface area (Å²) in [7, 11) is 0. The summed E-state index contributed by atoms with van der Waals surface area (Å²) in [5.74, 6) is 0.362. The van der Waals surface area contributed by atoms with Gasteiger partial charge in [0.2, 0.25) is 0 Å².